The predicted octanol–water partition coefficient (Wildman–Crippen LogP) is 15.6. The minimum absolute atomic E-state index is 0.896. The Hall–Kier alpha value is -8.93. The van der Waals surface area contributed by atoms with Crippen molar-refractivity contribution >= 4 is 71.1 Å². The van der Waals surface area contributed by atoms with E-state index < -0.39 is 0 Å². The van der Waals surface area contributed by atoms with Crippen LogP contribution in [0.15, 0.2) is 237 Å². The molecule has 5 heterocycles. The van der Waals surface area contributed by atoms with Gasteiger partial charge in [-0.15, -0.1) is 0 Å². The maximum absolute atomic E-state index is 5.47. The van der Waals surface area contributed by atoms with Gasteiger partial charge in [-0.3, -0.25) is 4.40 Å². The van der Waals surface area contributed by atoms with Crippen LogP contribution >= 0.6 is 0 Å². The van der Waals surface area contributed by atoms with Crippen molar-refractivity contribution in [3.63, 3.8) is 0 Å². The predicted molar refractivity (Wildman–Crippen MR) is 275 cm³/mol. The molecule has 0 bridgehead atoms. The van der Waals surface area contributed by atoms with Gasteiger partial charge < -0.3 is 13.7 Å². The van der Waals surface area contributed by atoms with Crippen LogP contribution in [0.4, 0.5) is 0 Å². The van der Waals surface area contributed by atoms with Gasteiger partial charge in [-0.25, -0.2) is 4.98 Å². The second-order valence-electron chi connectivity index (χ2n) is 17.2. The molecule has 0 unspecified atom stereocenters. The first-order valence-electron chi connectivity index (χ1n) is 22.5. The number of hydrogen-bond donors (Lipinski definition) is 0. The van der Waals surface area contributed by atoms with E-state index >= 15 is 0 Å². The summed E-state index contributed by atoms with van der Waals surface area (Å²) in [7, 11) is 0. The standard InChI is InChI=1S/C61H39N5/c1-2-16-44(17-3-1)64-57-27-13-8-22-51(57)52-38-42(33-34-58(52)64)40-29-31-41(32-30-40)61-60(62-59-28-14-15-35-63(59)61)43-36-45(65-53-23-9-4-18-47(53)48-19-5-10-24-54(48)65)39-46(37-43)66-55-25-11-6-20-49(55)50-21-7-12-26-56(50)66/h1-39H. The molecule has 5 aromatic heterocycles. The Kier molecular flexibility index (Phi) is 7.91. The molecule has 5 nitrogen and oxygen atoms in total. The minimum Gasteiger partial charge on any atom is -0.309 e. The summed E-state index contributed by atoms with van der Waals surface area (Å²) in [5, 5.41) is 7.40. The zero-order valence-electron chi connectivity index (χ0n) is 35.8. The fourth-order valence-corrected chi connectivity index (χ4v) is 10.7. The van der Waals surface area contributed by atoms with Gasteiger partial charge in [0.05, 0.1) is 44.5 Å². The number of aromatic nitrogens is 5. The lowest BCUT2D eigenvalue weighted by Gasteiger charge is -2.16. The first-order valence-corrected chi connectivity index (χ1v) is 22.5. The van der Waals surface area contributed by atoms with Gasteiger partial charge in [0.1, 0.15) is 5.65 Å². The largest absolute Gasteiger partial charge is 0.309 e. The molecule has 0 saturated heterocycles. The fourth-order valence-electron chi connectivity index (χ4n) is 10.7. The van der Waals surface area contributed by atoms with Crippen molar-refractivity contribution in [3.05, 3.63) is 237 Å². The van der Waals surface area contributed by atoms with Crippen LogP contribution < -0.4 is 0 Å². The number of para-hydroxylation sites is 6. The van der Waals surface area contributed by atoms with Crippen molar-refractivity contribution in [2.75, 3.05) is 0 Å². The van der Waals surface area contributed by atoms with Gasteiger partial charge in [0.25, 0.3) is 0 Å². The van der Waals surface area contributed by atoms with Crippen LogP contribution in [-0.4, -0.2) is 23.1 Å². The van der Waals surface area contributed by atoms with Crippen LogP contribution in [0, 0.1) is 0 Å². The van der Waals surface area contributed by atoms with Crippen molar-refractivity contribution in [1.29, 1.82) is 0 Å². The minimum atomic E-state index is 0.896. The van der Waals surface area contributed by atoms with E-state index in [1.807, 2.05) is 0 Å². The molecule has 0 N–H and O–H groups in total. The van der Waals surface area contributed by atoms with Crippen molar-refractivity contribution in [1.82, 2.24) is 23.1 Å². The highest BCUT2D eigenvalue weighted by Crippen LogP contribution is 2.41. The van der Waals surface area contributed by atoms with E-state index in [-0.39, 0.29) is 0 Å². The highest BCUT2D eigenvalue weighted by atomic mass is 15.0. The van der Waals surface area contributed by atoms with Crippen LogP contribution in [0.2, 0.25) is 0 Å². The lowest BCUT2D eigenvalue weighted by atomic mass is 9.99. The van der Waals surface area contributed by atoms with E-state index in [1.165, 1.54) is 48.9 Å². The smallest absolute Gasteiger partial charge is 0.137 e. The number of fused-ring (bicyclic) bond motifs is 10. The Morgan fingerprint density at radius 2 is 0.697 bits per heavy atom. The number of pyridine rings is 1. The third-order valence-corrected chi connectivity index (χ3v) is 13.6. The quantitative estimate of drug-likeness (QED) is 0.164. The van der Waals surface area contributed by atoms with E-state index in [4.69, 9.17) is 4.98 Å². The number of nitrogens with zero attached hydrogens (tertiary/aromatic N) is 5. The van der Waals surface area contributed by atoms with E-state index in [9.17, 15) is 0 Å². The number of imidazole rings is 1. The molecular formula is C61H39N5. The fraction of sp³-hybridized carbons (Fsp3) is 0. The van der Waals surface area contributed by atoms with E-state index in [2.05, 4.69) is 255 Å². The summed E-state index contributed by atoms with van der Waals surface area (Å²) in [6.45, 7) is 0. The first kappa shape index (κ1) is 36.5. The molecule has 0 aliphatic carbocycles. The lowest BCUT2D eigenvalue weighted by Crippen LogP contribution is -2.00. The highest BCUT2D eigenvalue weighted by molar-refractivity contribution is 6.12. The van der Waals surface area contributed by atoms with Crippen LogP contribution in [-0.2, 0) is 0 Å². The second kappa shape index (κ2) is 14.3. The summed E-state index contributed by atoms with van der Waals surface area (Å²) in [6, 6.07) is 83.5. The topological polar surface area (TPSA) is 32.1 Å². The van der Waals surface area contributed by atoms with Gasteiger partial charge in [0.2, 0.25) is 0 Å². The molecule has 9 aromatic carbocycles. The van der Waals surface area contributed by atoms with Crippen LogP contribution in [0.3, 0.4) is 0 Å². The van der Waals surface area contributed by atoms with Crippen molar-refractivity contribution in [2.24, 2.45) is 0 Å². The van der Waals surface area contributed by atoms with Gasteiger partial charge in [-0.1, -0.05) is 146 Å². The van der Waals surface area contributed by atoms with Gasteiger partial charge >= 0.3 is 0 Å². The molecule has 0 fully saturated rings. The molecule has 5 heteroatoms. The summed E-state index contributed by atoms with van der Waals surface area (Å²) in [5.41, 5.74) is 17.7. The Balaban J connectivity index is 0.973. The summed E-state index contributed by atoms with van der Waals surface area (Å²) in [5.74, 6) is 0. The number of rotatable bonds is 6. The van der Waals surface area contributed by atoms with Gasteiger partial charge in [-0.2, -0.15) is 0 Å². The molecule has 0 atom stereocenters. The Morgan fingerprint density at radius 1 is 0.273 bits per heavy atom. The van der Waals surface area contributed by atoms with Gasteiger partial charge in [0, 0.05) is 66.7 Å². The first-order chi connectivity index (χ1) is 32.7. The summed E-state index contributed by atoms with van der Waals surface area (Å²) >= 11 is 0. The van der Waals surface area contributed by atoms with Crippen LogP contribution in [0.25, 0.3) is 122 Å². The van der Waals surface area contributed by atoms with Crippen LogP contribution in [0.1, 0.15) is 0 Å². The monoisotopic (exact) mass is 841 g/mol. The van der Waals surface area contributed by atoms with E-state index in [0.29, 0.717) is 0 Å². The molecule has 14 rings (SSSR count). The van der Waals surface area contributed by atoms with Gasteiger partial charge in [0.15, 0.2) is 0 Å². The van der Waals surface area contributed by atoms with Crippen LogP contribution in [0.5, 0.6) is 0 Å². The normalized spacial score (nSPS) is 11.9. The molecule has 0 radical (unpaired) electrons. The van der Waals surface area contributed by atoms with E-state index in [0.717, 1.165) is 72.9 Å². The third kappa shape index (κ3) is 5.44. The molecular weight excluding hydrogens is 803 g/mol. The number of benzene rings is 9. The molecule has 0 spiro atoms. The van der Waals surface area contributed by atoms with Gasteiger partial charge in [-0.05, 0) is 96.1 Å². The van der Waals surface area contributed by atoms with E-state index in [1.54, 1.807) is 0 Å². The SMILES string of the molecule is c1ccc(-n2c3ccccc3c3cc(-c4ccc(-c5c(-c6cc(-n7c8ccccc8c8ccccc87)cc(-n7c8ccccc8c8ccccc87)c6)nc6ccccn56)cc4)ccc32)cc1. The Bertz CT molecular complexity index is 3980. The number of hydrogen-bond acceptors (Lipinski definition) is 1. The molecule has 308 valence electrons. The second-order valence-corrected chi connectivity index (χ2v) is 17.2. The Morgan fingerprint density at radius 3 is 1.24 bits per heavy atom. The molecule has 0 saturated carbocycles. The maximum Gasteiger partial charge on any atom is 0.137 e. The molecule has 0 aliphatic heterocycles. The average molecular weight is 842 g/mol. The van der Waals surface area contributed by atoms with Crippen molar-refractivity contribution in [3.8, 4) is 50.7 Å². The van der Waals surface area contributed by atoms with Crippen molar-refractivity contribution < 1.29 is 0 Å². The maximum atomic E-state index is 5.47. The average Bonchev–Trinajstić information content (AvgIpc) is 4.13. The third-order valence-electron chi connectivity index (χ3n) is 13.6. The highest BCUT2D eigenvalue weighted by Gasteiger charge is 2.22. The lowest BCUT2D eigenvalue weighted by molar-refractivity contribution is 1.13. The summed E-state index contributed by atoms with van der Waals surface area (Å²) in [6.07, 6.45) is 2.14. The summed E-state index contributed by atoms with van der Waals surface area (Å²) < 4.78 is 9.45. The molecule has 66 heavy (non-hydrogen) atoms. The zero-order chi connectivity index (χ0) is 43.3. The Labute approximate surface area is 379 Å². The zero-order valence-corrected chi connectivity index (χ0v) is 35.8. The molecule has 0 aliphatic rings. The molecule has 0 amide bonds. The summed E-state index contributed by atoms with van der Waals surface area (Å²) in [4.78, 5) is 5.47. The van der Waals surface area contributed by atoms with Crippen molar-refractivity contribution in [2.45, 2.75) is 0 Å². The molecule has 14 aromatic rings.